The minimum absolute atomic E-state index is 0.0636. The average Bonchev–Trinajstić information content (AvgIpc) is 3.20. The van der Waals surface area contributed by atoms with Crippen LogP contribution >= 0.6 is 11.3 Å². The van der Waals surface area contributed by atoms with Crippen LogP contribution in [0.3, 0.4) is 0 Å². The predicted molar refractivity (Wildman–Crippen MR) is 121 cm³/mol. The lowest BCUT2D eigenvalue weighted by Gasteiger charge is -2.17. The molecule has 0 aliphatic heterocycles. The van der Waals surface area contributed by atoms with Crippen LogP contribution in [0.15, 0.2) is 66.7 Å². The number of rotatable bonds is 9. The molecule has 1 heterocycles. The molecule has 156 valence electrons. The van der Waals surface area contributed by atoms with Gasteiger partial charge in [-0.3, -0.25) is 9.59 Å². The highest BCUT2D eigenvalue weighted by molar-refractivity contribution is 7.17. The summed E-state index contributed by atoms with van der Waals surface area (Å²) in [6.07, 6.45) is 0.693. The summed E-state index contributed by atoms with van der Waals surface area (Å²) < 4.78 is 6.06. The van der Waals surface area contributed by atoms with Crippen molar-refractivity contribution >= 4 is 23.2 Å². The highest BCUT2D eigenvalue weighted by atomic mass is 32.1. The Bertz CT molecular complexity index is 971. The Morgan fingerprint density at radius 3 is 2.37 bits per heavy atom. The van der Waals surface area contributed by atoms with Crippen molar-refractivity contribution in [3.05, 3.63) is 77.2 Å². The van der Waals surface area contributed by atoms with Crippen LogP contribution in [0.25, 0.3) is 10.4 Å². The summed E-state index contributed by atoms with van der Waals surface area (Å²) in [5.41, 5.74) is 2.10. The van der Waals surface area contributed by atoms with E-state index in [0.717, 1.165) is 16.0 Å². The Labute approximate surface area is 181 Å². The molecule has 3 rings (SSSR count). The van der Waals surface area contributed by atoms with Gasteiger partial charge < -0.3 is 15.0 Å². The van der Waals surface area contributed by atoms with Crippen LogP contribution in [0.4, 0.5) is 0 Å². The average molecular weight is 423 g/mol. The second-order valence-corrected chi connectivity index (χ2v) is 8.06. The maximum atomic E-state index is 13.1. The number of nitrogens with one attached hydrogen (secondary N) is 1. The molecule has 0 unspecified atom stereocenters. The van der Waals surface area contributed by atoms with Gasteiger partial charge in [0, 0.05) is 31.9 Å². The highest BCUT2D eigenvalue weighted by Gasteiger charge is 2.21. The first-order valence-electron chi connectivity index (χ1n) is 9.90. The zero-order valence-corrected chi connectivity index (χ0v) is 18.1. The van der Waals surface area contributed by atoms with Crippen LogP contribution in [-0.4, -0.2) is 36.9 Å². The van der Waals surface area contributed by atoms with Gasteiger partial charge in [0.2, 0.25) is 5.91 Å². The van der Waals surface area contributed by atoms with E-state index in [4.69, 9.17) is 4.74 Å². The highest BCUT2D eigenvalue weighted by Crippen LogP contribution is 2.37. The van der Waals surface area contributed by atoms with Crippen LogP contribution in [-0.2, 0) is 11.4 Å². The van der Waals surface area contributed by atoms with E-state index >= 15 is 0 Å². The molecule has 0 atom stereocenters. The summed E-state index contributed by atoms with van der Waals surface area (Å²) in [6, 6.07) is 21.8. The Balaban J connectivity index is 1.77. The van der Waals surface area contributed by atoms with Gasteiger partial charge >= 0.3 is 0 Å². The van der Waals surface area contributed by atoms with Crippen LogP contribution in [0.5, 0.6) is 5.75 Å². The monoisotopic (exact) mass is 422 g/mol. The first kappa shape index (κ1) is 21.6. The number of nitrogens with zero attached hydrogens (tertiary/aromatic N) is 1. The van der Waals surface area contributed by atoms with Crippen LogP contribution in [0.1, 0.15) is 28.6 Å². The summed E-state index contributed by atoms with van der Waals surface area (Å²) in [5.74, 6) is 0.459. The molecule has 30 heavy (non-hydrogen) atoms. The normalized spacial score (nSPS) is 10.5. The lowest BCUT2D eigenvalue weighted by Crippen LogP contribution is -2.30. The van der Waals surface area contributed by atoms with Gasteiger partial charge in [0.05, 0.1) is 0 Å². The number of hydrogen-bond acceptors (Lipinski definition) is 4. The minimum Gasteiger partial charge on any atom is -0.487 e. The summed E-state index contributed by atoms with van der Waals surface area (Å²) in [6.45, 7) is 2.99. The summed E-state index contributed by atoms with van der Waals surface area (Å²) in [5, 5.41) is 2.76. The second kappa shape index (κ2) is 10.6. The van der Waals surface area contributed by atoms with Crippen molar-refractivity contribution in [2.24, 2.45) is 0 Å². The number of amides is 2. The summed E-state index contributed by atoms with van der Waals surface area (Å²) in [7, 11) is 1.78. The quantitative estimate of drug-likeness (QED) is 0.513. The molecule has 0 aliphatic carbocycles. The molecule has 6 heteroatoms. The van der Waals surface area contributed by atoms with E-state index in [0.29, 0.717) is 36.7 Å². The minimum atomic E-state index is -0.0759. The fourth-order valence-electron chi connectivity index (χ4n) is 2.97. The number of hydrogen-bond donors (Lipinski definition) is 1. The molecule has 0 saturated carbocycles. The Hall–Kier alpha value is -3.12. The van der Waals surface area contributed by atoms with Gasteiger partial charge in [0.25, 0.3) is 5.91 Å². The van der Waals surface area contributed by atoms with Crippen molar-refractivity contribution in [1.29, 1.82) is 0 Å². The van der Waals surface area contributed by atoms with Gasteiger partial charge in [-0.05, 0) is 23.6 Å². The molecule has 1 aromatic heterocycles. The Morgan fingerprint density at radius 1 is 1.03 bits per heavy atom. The molecule has 0 bridgehead atoms. The van der Waals surface area contributed by atoms with Crippen molar-refractivity contribution in [1.82, 2.24) is 10.2 Å². The lowest BCUT2D eigenvalue weighted by atomic mass is 10.2. The van der Waals surface area contributed by atoms with Crippen molar-refractivity contribution in [2.45, 2.75) is 20.0 Å². The molecule has 2 aromatic carbocycles. The molecule has 1 N–H and O–H groups in total. The van der Waals surface area contributed by atoms with E-state index in [1.54, 1.807) is 11.9 Å². The maximum Gasteiger partial charge on any atom is 0.267 e. The van der Waals surface area contributed by atoms with E-state index in [9.17, 15) is 9.59 Å². The van der Waals surface area contributed by atoms with Gasteiger partial charge in [-0.15, -0.1) is 11.3 Å². The fourth-order valence-corrected chi connectivity index (χ4v) is 4.07. The van der Waals surface area contributed by atoms with Crippen LogP contribution in [0.2, 0.25) is 0 Å². The zero-order chi connectivity index (χ0) is 21.3. The van der Waals surface area contributed by atoms with E-state index in [1.807, 2.05) is 66.7 Å². The second-order valence-electron chi connectivity index (χ2n) is 7.01. The molecule has 3 aromatic rings. The first-order valence-corrected chi connectivity index (χ1v) is 10.7. The smallest absolute Gasteiger partial charge is 0.267 e. The predicted octanol–water partition coefficient (Wildman–Crippen LogP) is 4.59. The topological polar surface area (TPSA) is 58.6 Å². The SMILES string of the molecule is CC(=O)NCCCN(C)C(=O)c1sc(-c2ccccc2)cc1OCc1ccccc1. The molecule has 0 saturated heterocycles. The van der Waals surface area contributed by atoms with Gasteiger partial charge in [-0.2, -0.15) is 0 Å². The van der Waals surface area contributed by atoms with E-state index in [1.165, 1.54) is 18.3 Å². The number of benzene rings is 2. The Morgan fingerprint density at radius 2 is 1.70 bits per heavy atom. The molecular weight excluding hydrogens is 396 g/mol. The fraction of sp³-hybridized carbons (Fsp3) is 0.250. The summed E-state index contributed by atoms with van der Waals surface area (Å²) >= 11 is 1.44. The maximum absolute atomic E-state index is 13.1. The molecule has 0 spiro atoms. The number of ether oxygens (including phenoxy) is 1. The lowest BCUT2D eigenvalue weighted by molar-refractivity contribution is -0.118. The molecule has 0 fully saturated rings. The molecular formula is C24H26N2O3S. The molecule has 0 radical (unpaired) electrons. The van der Waals surface area contributed by atoms with Crippen molar-refractivity contribution in [3.63, 3.8) is 0 Å². The van der Waals surface area contributed by atoms with Gasteiger partial charge in [0.1, 0.15) is 17.2 Å². The third kappa shape index (κ3) is 5.94. The van der Waals surface area contributed by atoms with Gasteiger partial charge in [-0.1, -0.05) is 60.7 Å². The first-order chi connectivity index (χ1) is 14.5. The van der Waals surface area contributed by atoms with Crippen LogP contribution < -0.4 is 10.1 Å². The third-order valence-corrected chi connectivity index (χ3v) is 5.73. The zero-order valence-electron chi connectivity index (χ0n) is 17.3. The van der Waals surface area contributed by atoms with Gasteiger partial charge in [-0.25, -0.2) is 0 Å². The standard InChI is InChI=1S/C24H26N2O3S/c1-18(27)25-14-9-15-26(2)24(28)23-21(29-17-19-10-5-3-6-11-19)16-22(30-23)20-12-7-4-8-13-20/h3-8,10-13,16H,9,14-15,17H2,1-2H3,(H,25,27). The number of thiophene rings is 1. The Kier molecular flexibility index (Phi) is 7.63. The molecule has 0 aliphatic rings. The molecule has 2 amide bonds. The number of carbonyl (C=O) groups excluding carboxylic acids is 2. The van der Waals surface area contributed by atoms with E-state index in [2.05, 4.69) is 5.32 Å². The molecule has 5 nitrogen and oxygen atoms in total. The third-order valence-electron chi connectivity index (χ3n) is 4.58. The summed E-state index contributed by atoms with van der Waals surface area (Å²) in [4.78, 5) is 27.4. The van der Waals surface area contributed by atoms with E-state index in [-0.39, 0.29) is 11.8 Å². The van der Waals surface area contributed by atoms with Crippen LogP contribution in [0, 0.1) is 0 Å². The largest absolute Gasteiger partial charge is 0.487 e. The number of carbonyl (C=O) groups is 2. The van der Waals surface area contributed by atoms with E-state index < -0.39 is 0 Å². The van der Waals surface area contributed by atoms with Crippen molar-refractivity contribution in [2.75, 3.05) is 20.1 Å². The van der Waals surface area contributed by atoms with Gasteiger partial charge in [0.15, 0.2) is 0 Å². The van der Waals surface area contributed by atoms with Crippen molar-refractivity contribution in [3.8, 4) is 16.2 Å². The van der Waals surface area contributed by atoms with Crippen molar-refractivity contribution < 1.29 is 14.3 Å².